The maximum absolute atomic E-state index is 12.1. The first kappa shape index (κ1) is 20.7. The van der Waals surface area contributed by atoms with Crippen LogP contribution in [-0.2, 0) is 4.79 Å². The lowest BCUT2D eigenvalue weighted by Gasteiger charge is -2.40. The fourth-order valence-corrected chi connectivity index (χ4v) is 6.12. The molecular weight excluding hydrogens is 408 g/mol. The Kier molecular flexibility index (Phi) is 5.25. The molecule has 0 spiro atoms. The maximum Gasteiger partial charge on any atom is 0.411 e. The highest BCUT2D eigenvalue weighted by Gasteiger charge is 2.34. The second-order valence-corrected chi connectivity index (χ2v) is 10.4. The predicted molar refractivity (Wildman–Crippen MR) is 117 cm³/mol. The lowest BCUT2D eigenvalue weighted by molar-refractivity contribution is -0.117. The number of amides is 2. The fourth-order valence-electron chi connectivity index (χ4n) is 4.39. The number of benzene rings is 1. The van der Waals surface area contributed by atoms with Crippen molar-refractivity contribution in [3.05, 3.63) is 30.6 Å². The van der Waals surface area contributed by atoms with Gasteiger partial charge in [-0.1, -0.05) is 6.07 Å². The second-order valence-electron chi connectivity index (χ2n) is 8.01. The maximum atomic E-state index is 12.1. The minimum atomic E-state index is -2.55. The van der Waals surface area contributed by atoms with Gasteiger partial charge in [-0.3, -0.25) is 23.5 Å². The van der Waals surface area contributed by atoms with E-state index in [1.165, 1.54) is 11.8 Å². The molecule has 2 aliphatic heterocycles. The van der Waals surface area contributed by atoms with Gasteiger partial charge in [-0.2, -0.15) is 15.7 Å². The van der Waals surface area contributed by atoms with E-state index in [0.717, 1.165) is 24.0 Å². The number of rotatable bonds is 2. The highest BCUT2D eigenvalue weighted by atomic mass is 32.3. The fraction of sp³-hybridized carbons (Fsp3) is 0.450. The molecule has 3 heterocycles. The van der Waals surface area contributed by atoms with Gasteiger partial charge in [0.15, 0.2) is 0 Å². The van der Waals surface area contributed by atoms with Crippen LogP contribution in [0.1, 0.15) is 32.7 Å². The first-order valence-electron chi connectivity index (χ1n) is 9.89. The number of hydrogen-bond acceptors (Lipinski definition) is 5. The number of hydrogen-bond donors (Lipinski definition) is 3. The van der Waals surface area contributed by atoms with E-state index >= 15 is 0 Å². The lowest BCUT2D eigenvalue weighted by atomic mass is 10.0. The molecule has 9 nitrogen and oxygen atoms in total. The summed E-state index contributed by atoms with van der Waals surface area (Å²) in [6.07, 6.45) is 4.06. The Labute approximate surface area is 176 Å². The van der Waals surface area contributed by atoms with Gasteiger partial charge in [-0.05, 0) is 37.5 Å². The number of anilines is 2. The van der Waals surface area contributed by atoms with Crippen LogP contribution in [-0.4, -0.2) is 60.1 Å². The molecule has 0 radical (unpaired) electrons. The third-order valence-corrected chi connectivity index (χ3v) is 7.62. The molecule has 2 amide bonds. The Morgan fingerprint density at radius 3 is 2.63 bits per heavy atom. The average molecular weight is 435 g/mol. The Hall–Kier alpha value is -2.56. The number of carbonyl (C=O) groups is 2. The second kappa shape index (κ2) is 7.60. The molecule has 0 saturated carbocycles. The minimum Gasteiger partial charge on any atom is -0.465 e. The summed E-state index contributed by atoms with van der Waals surface area (Å²) >= 11 is 0. The van der Waals surface area contributed by atoms with Crippen LogP contribution in [0.5, 0.6) is 0 Å². The van der Waals surface area contributed by atoms with E-state index in [4.69, 9.17) is 0 Å². The van der Waals surface area contributed by atoms with Crippen molar-refractivity contribution in [3.63, 3.8) is 0 Å². The summed E-state index contributed by atoms with van der Waals surface area (Å²) < 4.78 is 21.8. The zero-order valence-electron chi connectivity index (χ0n) is 16.9. The number of nitrogens with zero attached hydrogens (tertiary/aromatic N) is 4. The zero-order valence-corrected chi connectivity index (χ0v) is 17.7. The van der Waals surface area contributed by atoms with Crippen molar-refractivity contribution in [1.82, 2.24) is 9.78 Å². The highest BCUT2D eigenvalue weighted by Crippen LogP contribution is 2.47. The van der Waals surface area contributed by atoms with E-state index in [9.17, 15) is 23.8 Å². The van der Waals surface area contributed by atoms with Crippen LogP contribution in [0.4, 0.5) is 16.2 Å². The quantitative estimate of drug-likeness (QED) is 0.660. The summed E-state index contributed by atoms with van der Waals surface area (Å²) in [4.78, 5) is 26.8. The van der Waals surface area contributed by atoms with Crippen LogP contribution >= 0.6 is 10.6 Å². The van der Waals surface area contributed by atoms with E-state index in [1.54, 1.807) is 27.9 Å². The molecule has 0 bridgehead atoms. The molecule has 0 unspecified atom stereocenters. The Balaban J connectivity index is 1.69. The molecule has 1 aromatic carbocycles. The van der Waals surface area contributed by atoms with Gasteiger partial charge in [0, 0.05) is 31.0 Å². The lowest BCUT2D eigenvalue weighted by Crippen LogP contribution is -2.51. The summed E-state index contributed by atoms with van der Waals surface area (Å²) in [5, 5.41) is 14.1. The third kappa shape index (κ3) is 3.78. The van der Waals surface area contributed by atoms with Gasteiger partial charge in [-0.15, -0.1) is 0 Å². The van der Waals surface area contributed by atoms with E-state index in [-0.39, 0.29) is 24.5 Å². The van der Waals surface area contributed by atoms with Crippen molar-refractivity contribution < 1.29 is 23.8 Å². The van der Waals surface area contributed by atoms with Gasteiger partial charge in [0.2, 0.25) is 5.91 Å². The van der Waals surface area contributed by atoms with Crippen LogP contribution in [0, 0.1) is 0 Å². The molecule has 2 aromatic rings. The van der Waals surface area contributed by atoms with Gasteiger partial charge in [-0.25, -0.2) is 4.79 Å². The van der Waals surface area contributed by atoms with E-state index in [1.807, 2.05) is 19.2 Å². The number of aromatic nitrogens is 2. The summed E-state index contributed by atoms with van der Waals surface area (Å²) in [7, 11) is -2.55. The van der Waals surface area contributed by atoms with Gasteiger partial charge in [0.25, 0.3) is 0 Å². The van der Waals surface area contributed by atoms with E-state index in [2.05, 4.69) is 5.10 Å². The molecule has 2 atom stereocenters. The van der Waals surface area contributed by atoms with Crippen molar-refractivity contribution >= 4 is 34.0 Å². The molecule has 30 heavy (non-hydrogen) atoms. The van der Waals surface area contributed by atoms with Crippen molar-refractivity contribution in [2.75, 3.05) is 27.9 Å². The van der Waals surface area contributed by atoms with E-state index in [0.29, 0.717) is 22.9 Å². The molecule has 3 N–H and O–H groups in total. The summed E-state index contributed by atoms with van der Waals surface area (Å²) in [5.41, 5.74) is 2.62. The molecule has 10 heteroatoms. The van der Waals surface area contributed by atoms with E-state index < -0.39 is 16.7 Å². The first-order chi connectivity index (χ1) is 14.2. The van der Waals surface area contributed by atoms with Gasteiger partial charge in [0.1, 0.15) is 0 Å². The number of carbonyl (C=O) groups excluding carboxylic acids is 1. The third-order valence-electron chi connectivity index (χ3n) is 5.76. The van der Waals surface area contributed by atoms with Gasteiger partial charge < -0.3 is 10.0 Å². The Bertz CT molecular complexity index is 991. The molecule has 1 aromatic heterocycles. The molecule has 2 aliphatic rings. The molecule has 162 valence electrons. The van der Waals surface area contributed by atoms with Crippen molar-refractivity contribution in [2.24, 2.45) is 0 Å². The molecule has 4 rings (SSSR count). The molecular formula is C20H26N4O5S. The molecule has 1 fully saturated rings. The molecule has 1 saturated heterocycles. The van der Waals surface area contributed by atoms with Gasteiger partial charge in [0.05, 0.1) is 35.4 Å². The average Bonchev–Trinajstić information content (AvgIpc) is 3.16. The van der Waals surface area contributed by atoms with Crippen molar-refractivity contribution in [1.29, 1.82) is 0 Å². The topological polar surface area (TPSA) is 119 Å². The van der Waals surface area contributed by atoms with Gasteiger partial charge >= 0.3 is 6.09 Å². The van der Waals surface area contributed by atoms with Crippen LogP contribution in [0.15, 0.2) is 30.6 Å². The monoisotopic (exact) mass is 434 g/mol. The summed E-state index contributed by atoms with van der Waals surface area (Å²) in [6.45, 7) is 3.50. The summed E-state index contributed by atoms with van der Waals surface area (Å²) in [6, 6.07) is 5.06. The van der Waals surface area contributed by atoms with Crippen molar-refractivity contribution in [2.45, 2.75) is 38.8 Å². The first-order valence-corrected chi connectivity index (χ1v) is 11.8. The minimum absolute atomic E-state index is 0.0697. The normalized spacial score (nSPS) is 24.3. The smallest absolute Gasteiger partial charge is 0.411 e. The van der Waals surface area contributed by atoms with Crippen LogP contribution in [0.25, 0.3) is 11.1 Å². The molecule has 0 aliphatic carbocycles. The zero-order chi connectivity index (χ0) is 21.6. The SMILES string of the molecule is CC(=O)N1c2ccc(-c3cnn([C@@H]4CCCS(O)(O)C4)c3)cc2N(C(=O)O)C[C@@H]1C. The highest BCUT2D eigenvalue weighted by molar-refractivity contribution is 8.24. The standard InChI is InChI=1S/C20H26N4O5S/c1-13-10-22(20(26)27)19-8-15(5-6-18(19)24(13)14(2)25)16-9-21-23(11-16)17-4-3-7-30(28,29)12-17/h5-6,8-9,11,13,17,28-29H,3-4,7,10,12H2,1-2H3,(H,26,27)/t13-,17+/m0/s1. The van der Waals surface area contributed by atoms with Crippen LogP contribution < -0.4 is 9.80 Å². The number of carboxylic acid groups (broad SMARTS) is 1. The number of fused-ring (bicyclic) bond motifs is 1. The van der Waals surface area contributed by atoms with Crippen LogP contribution in [0.2, 0.25) is 0 Å². The van der Waals surface area contributed by atoms with Crippen LogP contribution in [0.3, 0.4) is 0 Å². The Morgan fingerprint density at radius 2 is 1.97 bits per heavy atom. The predicted octanol–water partition coefficient (Wildman–Crippen LogP) is 3.88. The largest absolute Gasteiger partial charge is 0.465 e. The summed E-state index contributed by atoms with van der Waals surface area (Å²) in [5.74, 6) is 0.611. The Morgan fingerprint density at radius 1 is 1.20 bits per heavy atom. The van der Waals surface area contributed by atoms with Crippen molar-refractivity contribution in [3.8, 4) is 11.1 Å².